The third kappa shape index (κ3) is 3.57. The van der Waals surface area contributed by atoms with Crippen LogP contribution < -0.4 is 0 Å². The van der Waals surface area contributed by atoms with Crippen molar-refractivity contribution in [1.82, 2.24) is 4.90 Å². The Hall–Kier alpha value is -1.60. The van der Waals surface area contributed by atoms with Crippen LogP contribution in [0.25, 0.3) is 0 Å². The van der Waals surface area contributed by atoms with E-state index in [2.05, 4.69) is 0 Å². The third-order valence-electron chi connectivity index (χ3n) is 4.76. The molecule has 0 radical (unpaired) electrons. The van der Waals surface area contributed by atoms with Crippen molar-refractivity contribution in [2.45, 2.75) is 37.6 Å². The van der Waals surface area contributed by atoms with E-state index in [1.807, 2.05) is 0 Å². The van der Waals surface area contributed by atoms with Crippen LogP contribution in [0.4, 0.5) is 13.2 Å². The average Bonchev–Trinajstić information content (AvgIpc) is 3.00. The molecule has 1 aromatic rings. The van der Waals surface area contributed by atoms with Crippen LogP contribution in [0.15, 0.2) is 24.3 Å². The monoisotopic (exact) mass is 343 g/mol. The quantitative estimate of drug-likeness (QED) is 0.898. The second-order valence-electron chi connectivity index (χ2n) is 6.37. The molecular weight excluding hydrogens is 323 g/mol. The molecule has 3 atom stereocenters. The third-order valence-corrected chi connectivity index (χ3v) is 4.76. The first-order valence-electron chi connectivity index (χ1n) is 8.12. The van der Waals surface area contributed by atoms with Gasteiger partial charge in [-0.2, -0.15) is 13.2 Å². The van der Waals surface area contributed by atoms with Crippen LogP contribution >= 0.6 is 0 Å². The standard InChI is InChI=1S/C17H20F3NO3/c18-17(19,20)12-4-1-3-11(9-12)15-10-21(7-8-24-15)16(23)13-5-2-6-14(13)22/h1,3-4,9,13-15,22H,2,5-8,10H2. The number of rotatable bonds is 2. The summed E-state index contributed by atoms with van der Waals surface area (Å²) in [5.41, 5.74) is -0.312. The molecule has 0 bridgehead atoms. The number of hydrogen-bond acceptors (Lipinski definition) is 3. The number of hydrogen-bond donors (Lipinski definition) is 1. The molecule has 24 heavy (non-hydrogen) atoms. The molecule has 132 valence electrons. The number of carbonyl (C=O) groups excluding carboxylic acids is 1. The Labute approximate surface area is 138 Å². The number of ether oxygens (including phenoxy) is 1. The van der Waals surface area contributed by atoms with E-state index in [0.29, 0.717) is 24.9 Å². The van der Waals surface area contributed by atoms with Crippen molar-refractivity contribution in [2.75, 3.05) is 19.7 Å². The topological polar surface area (TPSA) is 49.8 Å². The smallest absolute Gasteiger partial charge is 0.392 e. The summed E-state index contributed by atoms with van der Waals surface area (Å²) >= 11 is 0. The number of alkyl halides is 3. The second-order valence-corrected chi connectivity index (χ2v) is 6.37. The number of aliphatic hydroxyl groups excluding tert-OH is 1. The lowest BCUT2D eigenvalue weighted by Crippen LogP contribution is -2.46. The molecule has 0 aromatic heterocycles. The number of amides is 1. The van der Waals surface area contributed by atoms with Gasteiger partial charge in [-0.3, -0.25) is 4.79 Å². The van der Waals surface area contributed by atoms with Crippen LogP contribution in [0.2, 0.25) is 0 Å². The summed E-state index contributed by atoms with van der Waals surface area (Å²) in [6.45, 7) is 0.885. The van der Waals surface area contributed by atoms with Crippen LogP contribution in [0.1, 0.15) is 36.5 Å². The first kappa shape index (κ1) is 17.2. The molecule has 1 saturated carbocycles. The molecule has 1 N–H and O–H groups in total. The molecule has 0 spiro atoms. The molecule has 7 heteroatoms. The van der Waals surface area contributed by atoms with Crippen molar-refractivity contribution >= 4 is 5.91 Å². The van der Waals surface area contributed by atoms with E-state index in [4.69, 9.17) is 4.74 Å². The Morgan fingerprint density at radius 1 is 1.29 bits per heavy atom. The summed E-state index contributed by atoms with van der Waals surface area (Å²) in [6.07, 6.45) is -3.51. The minimum absolute atomic E-state index is 0.125. The fourth-order valence-electron chi connectivity index (χ4n) is 3.43. The molecule has 3 unspecified atom stereocenters. The van der Waals surface area contributed by atoms with Crippen LogP contribution in [0, 0.1) is 5.92 Å². The van der Waals surface area contributed by atoms with Gasteiger partial charge >= 0.3 is 6.18 Å². The van der Waals surface area contributed by atoms with Gasteiger partial charge in [-0.15, -0.1) is 0 Å². The highest BCUT2D eigenvalue weighted by Gasteiger charge is 2.37. The lowest BCUT2D eigenvalue weighted by molar-refractivity contribution is -0.146. The fourth-order valence-corrected chi connectivity index (χ4v) is 3.43. The maximum atomic E-state index is 12.9. The zero-order valence-corrected chi connectivity index (χ0v) is 13.1. The van der Waals surface area contributed by atoms with Crippen molar-refractivity contribution < 1.29 is 27.8 Å². The molecule has 1 aliphatic carbocycles. The van der Waals surface area contributed by atoms with E-state index in [9.17, 15) is 23.1 Å². The van der Waals surface area contributed by atoms with Gasteiger partial charge in [0, 0.05) is 6.54 Å². The van der Waals surface area contributed by atoms with E-state index in [0.717, 1.165) is 18.6 Å². The van der Waals surface area contributed by atoms with Crippen LogP contribution in [-0.2, 0) is 15.7 Å². The first-order chi connectivity index (χ1) is 11.4. The van der Waals surface area contributed by atoms with Gasteiger partial charge in [0.25, 0.3) is 0 Å². The summed E-state index contributed by atoms with van der Waals surface area (Å²) < 4.78 is 44.1. The molecule has 1 saturated heterocycles. The van der Waals surface area contributed by atoms with E-state index in [-0.39, 0.29) is 19.1 Å². The highest BCUT2D eigenvalue weighted by Crippen LogP contribution is 2.33. The zero-order valence-electron chi connectivity index (χ0n) is 13.1. The lowest BCUT2D eigenvalue weighted by atomic mass is 10.0. The summed E-state index contributed by atoms with van der Waals surface area (Å²) in [4.78, 5) is 14.1. The van der Waals surface area contributed by atoms with E-state index >= 15 is 0 Å². The number of nitrogens with zero attached hydrogens (tertiary/aromatic N) is 1. The van der Waals surface area contributed by atoms with Gasteiger partial charge in [-0.1, -0.05) is 12.1 Å². The Kier molecular flexibility index (Phi) is 4.83. The van der Waals surface area contributed by atoms with Crippen LogP contribution in [0.3, 0.4) is 0 Å². The van der Waals surface area contributed by atoms with Crippen molar-refractivity contribution in [3.05, 3.63) is 35.4 Å². The van der Waals surface area contributed by atoms with Crippen molar-refractivity contribution in [3.8, 4) is 0 Å². The number of benzene rings is 1. The van der Waals surface area contributed by atoms with Crippen molar-refractivity contribution in [3.63, 3.8) is 0 Å². The molecule has 1 heterocycles. The minimum Gasteiger partial charge on any atom is -0.392 e. The SMILES string of the molecule is O=C(C1CCCC1O)N1CCOC(c2cccc(C(F)(F)F)c2)C1. The first-order valence-corrected chi connectivity index (χ1v) is 8.12. The highest BCUT2D eigenvalue weighted by atomic mass is 19.4. The van der Waals surface area contributed by atoms with Crippen LogP contribution in [-0.4, -0.2) is 41.7 Å². The van der Waals surface area contributed by atoms with Gasteiger partial charge in [-0.25, -0.2) is 0 Å². The molecule has 2 fully saturated rings. The van der Waals surface area contributed by atoms with Gasteiger partial charge < -0.3 is 14.7 Å². The predicted molar refractivity (Wildman–Crippen MR) is 80.1 cm³/mol. The predicted octanol–water partition coefficient (Wildman–Crippen LogP) is 2.77. The summed E-state index contributed by atoms with van der Waals surface area (Å²) in [7, 11) is 0. The average molecular weight is 343 g/mol. The number of aliphatic hydroxyl groups is 1. The largest absolute Gasteiger partial charge is 0.416 e. The Morgan fingerprint density at radius 2 is 2.08 bits per heavy atom. The Balaban J connectivity index is 1.73. The van der Waals surface area contributed by atoms with Gasteiger partial charge in [0.1, 0.15) is 6.10 Å². The fraction of sp³-hybridized carbons (Fsp3) is 0.588. The van der Waals surface area contributed by atoms with Crippen molar-refractivity contribution in [2.24, 2.45) is 5.92 Å². The molecule has 1 amide bonds. The summed E-state index contributed by atoms with van der Waals surface area (Å²) in [5, 5.41) is 9.90. The molecule has 1 aliphatic heterocycles. The van der Waals surface area contributed by atoms with Gasteiger partial charge in [-0.05, 0) is 37.0 Å². The van der Waals surface area contributed by atoms with E-state index in [1.165, 1.54) is 6.07 Å². The highest BCUT2D eigenvalue weighted by molar-refractivity contribution is 5.80. The summed E-state index contributed by atoms with van der Waals surface area (Å²) in [6, 6.07) is 5.02. The van der Waals surface area contributed by atoms with Gasteiger partial charge in [0.15, 0.2) is 0 Å². The normalized spacial score (nSPS) is 28.2. The number of carbonyl (C=O) groups is 1. The second kappa shape index (κ2) is 6.72. The maximum Gasteiger partial charge on any atom is 0.416 e. The Bertz CT molecular complexity index is 605. The van der Waals surface area contributed by atoms with E-state index in [1.54, 1.807) is 11.0 Å². The minimum atomic E-state index is -4.41. The van der Waals surface area contributed by atoms with Crippen molar-refractivity contribution in [1.29, 1.82) is 0 Å². The molecular formula is C17H20F3NO3. The number of halogens is 3. The number of morpholine rings is 1. The molecule has 2 aliphatic rings. The zero-order chi connectivity index (χ0) is 17.3. The summed E-state index contributed by atoms with van der Waals surface area (Å²) in [5.74, 6) is -0.523. The van der Waals surface area contributed by atoms with E-state index < -0.39 is 29.9 Å². The molecule has 3 rings (SSSR count). The Morgan fingerprint density at radius 3 is 2.75 bits per heavy atom. The molecule has 4 nitrogen and oxygen atoms in total. The molecule has 1 aromatic carbocycles. The lowest BCUT2D eigenvalue weighted by Gasteiger charge is -2.35. The van der Waals surface area contributed by atoms with Crippen LogP contribution in [0.5, 0.6) is 0 Å². The maximum absolute atomic E-state index is 12.9. The van der Waals surface area contributed by atoms with Gasteiger partial charge in [0.2, 0.25) is 5.91 Å². The van der Waals surface area contributed by atoms with Gasteiger partial charge in [0.05, 0.1) is 30.7 Å².